The van der Waals surface area contributed by atoms with Gasteiger partial charge in [-0.1, -0.05) is 6.07 Å². The topological polar surface area (TPSA) is 35.2 Å². The summed E-state index contributed by atoms with van der Waals surface area (Å²) >= 11 is 0. The van der Waals surface area contributed by atoms with Crippen LogP contribution in [0.25, 0.3) is 0 Å². The highest BCUT2D eigenvalue weighted by atomic mass is 35.5. The number of benzene rings is 1. The van der Waals surface area contributed by atoms with E-state index >= 15 is 0 Å². The van der Waals surface area contributed by atoms with Crippen LogP contribution in [0.2, 0.25) is 0 Å². The molecular weight excluding hydrogens is 174 g/mol. The number of aryl methyl sites for hydroxylation is 1. The minimum Gasteiger partial charge on any atom is -0.496 e. The summed E-state index contributed by atoms with van der Waals surface area (Å²) in [5, 5.41) is 0. The Hall–Kier alpha value is -0.890. The van der Waals surface area contributed by atoms with Crippen molar-refractivity contribution in [3.05, 3.63) is 23.3 Å². The molecule has 1 rings (SSSR count). The van der Waals surface area contributed by atoms with Crippen molar-refractivity contribution in [3.63, 3.8) is 0 Å². The second-order valence-electron chi connectivity index (χ2n) is 2.63. The normalized spacial score (nSPS) is 8.92. The molecule has 0 amide bonds. The second kappa shape index (κ2) is 4.21. The first-order chi connectivity index (χ1) is 5.16. The number of rotatable bonds is 1. The molecule has 2 nitrogen and oxygen atoms in total. The molecule has 0 spiro atoms. The fourth-order valence-corrected chi connectivity index (χ4v) is 1.16. The third kappa shape index (κ3) is 1.83. The molecule has 0 fully saturated rings. The van der Waals surface area contributed by atoms with Gasteiger partial charge in [0.1, 0.15) is 5.75 Å². The Balaban J connectivity index is 0.00000121. The Morgan fingerprint density at radius 3 is 2.25 bits per heavy atom. The first kappa shape index (κ1) is 11.1. The summed E-state index contributed by atoms with van der Waals surface area (Å²) in [6.45, 7) is 3.96. The summed E-state index contributed by atoms with van der Waals surface area (Å²) in [7, 11) is 1.66. The largest absolute Gasteiger partial charge is 0.496 e. The van der Waals surface area contributed by atoms with Gasteiger partial charge in [0.05, 0.1) is 7.11 Å². The second-order valence-corrected chi connectivity index (χ2v) is 2.63. The number of ether oxygens (including phenoxy) is 1. The molecule has 12 heavy (non-hydrogen) atoms. The monoisotopic (exact) mass is 187 g/mol. The van der Waals surface area contributed by atoms with Crippen molar-refractivity contribution < 1.29 is 4.74 Å². The van der Waals surface area contributed by atoms with Gasteiger partial charge in [0.2, 0.25) is 0 Å². The van der Waals surface area contributed by atoms with Crippen molar-refractivity contribution >= 4 is 18.1 Å². The van der Waals surface area contributed by atoms with Crippen LogP contribution < -0.4 is 10.5 Å². The van der Waals surface area contributed by atoms with Crippen LogP contribution in [-0.2, 0) is 0 Å². The maximum absolute atomic E-state index is 5.69. The molecule has 0 radical (unpaired) electrons. The molecule has 0 unspecified atom stereocenters. The minimum atomic E-state index is 0. The van der Waals surface area contributed by atoms with Gasteiger partial charge in [-0.05, 0) is 25.5 Å². The molecule has 0 aliphatic heterocycles. The van der Waals surface area contributed by atoms with Crippen LogP contribution in [-0.4, -0.2) is 7.11 Å². The number of hydrogen-bond acceptors (Lipinski definition) is 2. The summed E-state index contributed by atoms with van der Waals surface area (Å²) in [6.07, 6.45) is 0. The quantitative estimate of drug-likeness (QED) is 0.685. The van der Waals surface area contributed by atoms with Crippen molar-refractivity contribution in [1.29, 1.82) is 0 Å². The van der Waals surface area contributed by atoms with E-state index in [1.165, 1.54) is 0 Å². The molecule has 0 saturated heterocycles. The lowest BCUT2D eigenvalue weighted by Crippen LogP contribution is -1.95. The van der Waals surface area contributed by atoms with E-state index in [1.807, 2.05) is 26.0 Å². The van der Waals surface area contributed by atoms with E-state index in [2.05, 4.69) is 0 Å². The van der Waals surface area contributed by atoms with Crippen LogP contribution >= 0.6 is 12.4 Å². The predicted molar refractivity (Wildman–Crippen MR) is 54.1 cm³/mol. The Bertz CT molecular complexity index is 273. The van der Waals surface area contributed by atoms with Crippen molar-refractivity contribution in [2.45, 2.75) is 13.8 Å². The van der Waals surface area contributed by atoms with Crippen molar-refractivity contribution in [2.75, 3.05) is 12.8 Å². The zero-order valence-electron chi connectivity index (χ0n) is 7.55. The van der Waals surface area contributed by atoms with Gasteiger partial charge < -0.3 is 10.5 Å². The number of nitrogen functional groups attached to an aromatic ring is 1. The highest BCUT2D eigenvalue weighted by molar-refractivity contribution is 5.85. The van der Waals surface area contributed by atoms with E-state index in [0.29, 0.717) is 0 Å². The van der Waals surface area contributed by atoms with E-state index in [0.717, 1.165) is 22.6 Å². The molecule has 2 N–H and O–H groups in total. The molecule has 0 heterocycles. The van der Waals surface area contributed by atoms with Gasteiger partial charge >= 0.3 is 0 Å². The molecule has 68 valence electrons. The van der Waals surface area contributed by atoms with Gasteiger partial charge in [0.15, 0.2) is 0 Å². The Labute approximate surface area is 79.1 Å². The fraction of sp³-hybridized carbons (Fsp3) is 0.333. The maximum atomic E-state index is 5.69. The van der Waals surface area contributed by atoms with Crippen LogP contribution in [0.15, 0.2) is 12.1 Å². The fourth-order valence-electron chi connectivity index (χ4n) is 1.16. The number of methoxy groups -OCH3 is 1. The Kier molecular flexibility index (Phi) is 3.90. The lowest BCUT2D eigenvalue weighted by atomic mass is 10.1. The highest BCUT2D eigenvalue weighted by Gasteiger charge is 2.03. The predicted octanol–water partition coefficient (Wildman–Crippen LogP) is 2.32. The van der Waals surface area contributed by atoms with E-state index < -0.39 is 0 Å². The van der Waals surface area contributed by atoms with E-state index in [4.69, 9.17) is 10.5 Å². The third-order valence-corrected chi connectivity index (χ3v) is 1.85. The first-order valence-corrected chi connectivity index (χ1v) is 3.56. The lowest BCUT2D eigenvalue weighted by molar-refractivity contribution is 0.409. The molecule has 0 aliphatic rings. The molecule has 0 saturated carbocycles. The maximum Gasteiger partial charge on any atom is 0.126 e. The van der Waals surface area contributed by atoms with Gasteiger partial charge in [0.25, 0.3) is 0 Å². The summed E-state index contributed by atoms with van der Waals surface area (Å²) < 4.78 is 5.18. The van der Waals surface area contributed by atoms with Crippen LogP contribution in [0.3, 0.4) is 0 Å². The van der Waals surface area contributed by atoms with Gasteiger partial charge in [-0.25, -0.2) is 0 Å². The number of halogens is 1. The van der Waals surface area contributed by atoms with E-state index in [1.54, 1.807) is 7.11 Å². The molecule has 0 aromatic heterocycles. The Morgan fingerprint density at radius 1 is 1.25 bits per heavy atom. The number of hydrogen-bond donors (Lipinski definition) is 1. The molecule has 3 heteroatoms. The molecule has 0 atom stereocenters. The van der Waals surface area contributed by atoms with Crippen LogP contribution in [0, 0.1) is 13.8 Å². The van der Waals surface area contributed by atoms with Crippen molar-refractivity contribution in [1.82, 2.24) is 0 Å². The molecule has 0 bridgehead atoms. The average molecular weight is 188 g/mol. The Morgan fingerprint density at radius 2 is 1.83 bits per heavy atom. The molecular formula is C9H14ClNO. The van der Waals surface area contributed by atoms with Crippen molar-refractivity contribution in [3.8, 4) is 5.75 Å². The molecule has 1 aromatic carbocycles. The van der Waals surface area contributed by atoms with Crippen molar-refractivity contribution in [2.24, 2.45) is 0 Å². The molecule has 0 aliphatic carbocycles. The standard InChI is InChI=1S/C9H13NO.ClH/c1-6-4-5-8(10)7(2)9(6)11-3;/h4-5H,10H2,1-3H3;1H. The lowest BCUT2D eigenvalue weighted by Gasteiger charge is -2.09. The van der Waals surface area contributed by atoms with E-state index in [9.17, 15) is 0 Å². The third-order valence-electron chi connectivity index (χ3n) is 1.85. The molecule has 1 aromatic rings. The van der Waals surface area contributed by atoms with Crippen LogP contribution in [0.4, 0.5) is 5.69 Å². The van der Waals surface area contributed by atoms with Gasteiger partial charge in [-0.15, -0.1) is 12.4 Å². The van der Waals surface area contributed by atoms with Gasteiger partial charge in [0, 0.05) is 11.3 Å². The SMILES string of the molecule is COc1c(C)ccc(N)c1C.Cl. The number of anilines is 1. The summed E-state index contributed by atoms with van der Waals surface area (Å²) in [4.78, 5) is 0. The summed E-state index contributed by atoms with van der Waals surface area (Å²) in [5.41, 5.74) is 8.61. The van der Waals surface area contributed by atoms with Crippen LogP contribution in [0.1, 0.15) is 11.1 Å². The zero-order valence-corrected chi connectivity index (χ0v) is 8.37. The summed E-state index contributed by atoms with van der Waals surface area (Å²) in [5.74, 6) is 0.894. The van der Waals surface area contributed by atoms with E-state index in [-0.39, 0.29) is 12.4 Å². The smallest absolute Gasteiger partial charge is 0.126 e. The van der Waals surface area contributed by atoms with Crippen LogP contribution in [0.5, 0.6) is 5.75 Å². The zero-order chi connectivity index (χ0) is 8.43. The van der Waals surface area contributed by atoms with Gasteiger partial charge in [-0.2, -0.15) is 0 Å². The summed E-state index contributed by atoms with van der Waals surface area (Å²) in [6, 6.07) is 3.86. The van der Waals surface area contributed by atoms with Gasteiger partial charge in [-0.3, -0.25) is 0 Å². The average Bonchev–Trinajstić information content (AvgIpc) is 1.99. The highest BCUT2D eigenvalue weighted by Crippen LogP contribution is 2.26. The first-order valence-electron chi connectivity index (χ1n) is 3.56. The number of nitrogens with two attached hydrogens (primary N) is 1. The minimum absolute atomic E-state index is 0.